The van der Waals surface area contributed by atoms with Gasteiger partial charge >= 0.3 is 12.2 Å². The third-order valence-electron chi connectivity index (χ3n) is 5.14. The van der Waals surface area contributed by atoms with E-state index in [1.54, 1.807) is 48.5 Å². The fraction of sp³-hybridized carbons (Fsp3) is 0.130. The van der Waals surface area contributed by atoms with Crippen molar-refractivity contribution in [1.29, 1.82) is 0 Å². The van der Waals surface area contributed by atoms with E-state index in [1.807, 2.05) is 12.1 Å². The Morgan fingerprint density at radius 1 is 0.767 bits per heavy atom. The normalized spacial score (nSPS) is 15.9. The highest BCUT2D eigenvalue weighted by Gasteiger charge is 2.53. The van der Waals surface area contributed by atoms with Gasteiger partial charge in [0.15, 0.2) is 5.54 Å². The zero-order valence-corrected chi connectivity index (χ0v) is 15.7. The highest BCUT2D eigenvalue weighted by atomic mass is 19.4. The highest BCUT2D eigenvalue weighted by molar-refractivity contribution is 6.09. The number of hydrogen-bond donors (Lipinski definition) is 1. The van der Waals surface area contributed by atoms with Crippen LogP contribution in [0.15, 0.2) is 84.9 Å². The molecule has 0 radical (unpaired) electrons. The van der Waals surface area contributed by atoms with E-state index in [9.17, 15) is 22.8 Å². The van der Waals surface area contributed by atoms with Crippen LogP contribution in [0, 0.1) is 0 Å². The number of nitrogens with one attached hydrogen (secondary N) is 1. The van der Waals surface area contributed by atoms with Crippen LogP contribution in [0.2, 0.25) is 0 Å². The molecule has 3 aromatic rings. The molecule has 0 spiro atoms. The van der Waals surface area contributed by atoms with Crippen molar-refractivity contribution in [2.45, 2.75) is 18.3 Å². The van der Waals surface area contributed by atoms with Gasteiger partial charge in [0.1, 0.15) is 0 Å². The van der Waals surface area contributed by atoms with Crippen molar-refractivity contribution in [3.8, 4) is 0 Å². The van der Waals surface area contributed by atoms with Crippen LogP contribution in [-0.4, -0.2) is 16.8 Å². The smallest absolute Gasteiger partial charge is 0.315 e. The summed E-state index contributed by atoms with van der Waals surface area (Å²) in [5.74, 6) is -0.482. The Labute approximate surface area is 170 Å². The van der Waals surface area contributed by atoms with Gasteiger partial charge in [0.05, 0.1) is 12.1 Å². The number of imide groups is 1. The van der Waals surface area contributed by atoms with E-state index in [0.29, 0.717) is 16.7 Å². The van der Waals surface area contributed by atoms with E-state index < -0.39 is 29.2 Å². The number of nitrogens with zero attached hydrogens (tertiary/aromatic N) is 1. The molecule has 0 atom stereocenters. The number of alkyl halides is 3. The molecule has 0 unspecified atom stereocenters. The summed E-state index contributed by atoms with van der Waals surface area (Å²) < 4.78 is 38.4. The molecule has 7 heteroatoms. The standard InChI is InChI=1S/C23H17F3N2O2/c24-23(25,26)19-13-11-16(12-14-19)15-28-20(29)22(27-21(28)30,17-7-3-1-4-8-17)18-9-5-2-6-10-18/h1-14H,15H2,(H,27,30). The van der Waals surface area contributed by atoms with Crippen LogP contribution < -0.4 is 5.32 Å². The average molecular weight is 410 g/mol. The molecule has 1 fully saturated rings. The van der Waals surface area contributed by atoms with Crippen molar-refractivity contribution in [3.63, 3.8) is 0 Å². The van der Waals surface area contributed by atoms with E-state index in [4.69, 9.17) is 0 Å². The van der Waals surface area contributed by atoms with Crippen molar-refractivity contribution in [1.82, 2.24) is 10.2 Å². The van der Waals surface area contributed by atoms with Crippen LogP contribution in [0.25, 0.3) is 0 Å². The number of amides is 3. The van der Waals surface area contributed by atoms with Gasteiger partial charge in [-0.15, -0.1) is 0 Å². The third kappa shape index (κ3) is 3.32. The first-order valence-electron chi connectivity index (χ1n) is 9.23. The molecule has 1 N–H and O–H groups in total. The molecule has 152 valence electrons. The van der Waals surface area contributed by atoms with Gasteiger partial charge in [0.2, 0.25) is 0 Å². The van der Waals surface area contributed by atoms with E-state index >= 15 is 0 Å². The molecular weight excluding hydrogens is 393 g/mol. The van der Waals surface area contributed by atoms with Crippen molar-refractivity contribution in [2.24, 2.45) is 0 Å². The van der Waals surface area contributed by atoms with Gasteiger partial charge in [-0.2, -0.15) is 13.2 Å². The maximum absolute atomic E-state index is 13.5. The first-order chi connectivity index (χ1) is 14.3. The summed E-state index contributed by atoms with van der Waals surface area (Å²) in [6, 6.07) is 21.6. The van der Waals surface area contributed by atoms with Crippen LogP contribution in [0.3, 0.4) is 0 Å². The Kier molecular flexibility index (Phi) is 4.81. The molecule has 4 nitrogen and oxygen atoms in total. The van der Waals surface area contributed by atoms with Gasteiger partial charge in [0.25, 0.3) is 5.91 Å². The van der Waals surface area contributed by atoms with Gasteiger partial charge in [0, 0.05) is 0 Å². The molecule has 0 saturated carbocycles. The van der Waals surface area contributed by atoms with E-state index in [2.05, 4.69) is 5.32 Å². The second kappa shape index (κ2) is 7.33. The highest BCUT2D eigenvalue weighted by Crippen LogP contribution is 2.37. The van der Waals surface area contributed by atoms with Gasteiger partial charge in [-0.25, -0.2) is 4.79 Å². The first-order valence-corrected chi connectivity index (χ1v) is 9.23. The lowest BCUT2D eigenvalue weighted by atomic mass is 9.82. The fourth-order valence-electron chi connectivity index (χ4n) is 3.64. The lowest BCUT2D eigenvalue weighted by Gasteiger charge is -2.28. The number of carbonyl (C=O) groups is 2. The molecule has 0 aliphatic carbocycles. The Morgan fingerprint density at radius 2 is 1.27 bits per heavy atom. The third-order valence-corrected chi connectivity index (χ3v) is 5.14. The minimum Gasteiger partial charge on any atom is -0.315 e. The summed E-state index contributed by atoms with van der Waals surface area (Å²) in [6.45, 7) is -0.135. The monoisotopic (exact) mass is 410 g/mol. The second-order valence-electron chi connectivity index (χ2n) is 7.00. The quantitative estimate of drug-likeness (QED) is 0.634. The van der Waals surface area contributed by atoms with E-state index in [-0.39, 0.29) is 6.54 Å². The van der Waals surface area contributed by atoms with Crippen LogP contribution in [-0.2, 0) is 23.1 Å². The maximum atomic E-state index is 13.5. The lowest BCUT2D eigenvalue weighted by Crippen LogP contribution is -2.45. The number of halogens is 3. The molecule has 1 aliphatic rings. The number of benzene rings is 3. The van der Waals surface area contributed by atoms with Crippen molar-refractivity contribution >= 4 is 11.9 Å². The molecule has 3 amide bonds. The topological polar surface area (TPSA) is 49.4 Å². The predicted octanol–water partition coefficient (Wildman–Crippen LogP) is 4.70. The van der Waals surface area contributed by atoms with E-state index in [1.165, 1.54) is 12.1 Å². The van der Waals surface area contributed by atoms with Crippen molar-refractivity contribution in [2.75, 3.05) is 0 Å². The van der Waals surface area contributed by atoms with Crippen LogP contribution >= 0.6 is 0 Å². The van der Waals surface area contributed by atoms with Crippen molar-refractivity contribution < 1.29 is 22.8 Å². The molecule has 1 aliphatic heterocycles. The molecule has 0 aromatic heterocycles. The summed E-state index contributed by atoms with van der Waals surface area (Å²) in [5.41, 5.74) is -0.561. The zero-order valence-electron chi connectivity index (χ0n) is 15.7. The molecule has 1 saturated heterocycles. The summed E-state index contributed by atoms with van der Waals surface area (Å²) in [7, 11) is 0. The number of carbonyl (C=O) groups excluding carboxylic acids is 2. The largest absolute Gasteiger partial charge is 0.416 e. The van der Waals surface area contributed by atoms with Crippen LogP contribution in [0.4, 0.5) is 18.0 Å². The number of urea groups is 1. The lowest BCUT2D eigenvalue weighted by molar-refractivity contribution is -0.137. The Balaban J connectivity index is 1.71. The van der Waals surface area contributed by atoms with Crippen LogP contribution in [0.5, 0.6) is 0 Å². The minimum absolute atomic E-state index is 0.135. The van der Waals surface area contributed by atoms with Gasteiger partial charge in [-0.05, 0) is 28.8 Å². The molecule has 3 aromatic carbocycles. The molecule has 1 heterocycles. The summed E-state index contributed by atoms with van der Waals surface area (Å²) in [4.78, 5) is 27.4. The Hall–Kier alpha value is -3.61. The fourth-order valence-corrected chi connectivity index (χ4v) is 3.64. The first kappa shape index (κ1) is 19.7. The van der Waals surface area contributed by atoms with Crippen LogP contribution in [0.1, 0.15) is 22.3 Å². The summed E-state index contributed by atoms with van der Waals surface area (Å²) >= 11 is 0. The van der Waals surface area contributed by atoms with Gasteiger partial charge in [-0.3, -0.25) is 9.69 Å². The number of rotatable bonds is 4. The average Bonchev–Trinajstić information content (AvgIpc) is 3.00. The summed E-state index contributed by atoms with van der Waals surface area (Å²) in [6.07, 6.45) is -4.45. The predicted molar refractivity (Wildman–Crippen MR) is 104 cm³/mol. The molecular formula is C23H17F3N2O2. The van der Waals surface area contributed by atoms with Crippen molar-refractivity contribution in [3.05, 3.63) is 107 Å². The maximum Gasteiger partial charge on any atom is 0.416 e. The Bertz CT molecular complexity index is 1030. The SMILES string of the molecule is O=C1NC(c2ccccc2)(c2ccccc2)C(=O)N1Cc1ccc(C(F)(F)F)cc1. The molecule has 0 bridgehead atoms. The number of hydrogen-bond acceptors (Lipinski definition) is 2. The van der Waals surface area contributed by atoms with E-state index in [0.717, 1.165) is 17.0 Å². The zero-order chi connectivity index (χ0) is 21.4. The summed E-state index contributed by atoms with van der Waals surface area (Å²) in [5, 5.41) is 2.81. The minimum atomic E-state index is -4.45. The Morgan fingerprint density at radius 3 is 1.73 bits per heavy atom. The van der Waals surface area contributed by atoms with Gasteiger partial charge in [-0.1, -0.05) is 72.8 Å². The molecule has 4 rings (SSSR count). The van der Waals surface area contributed by atoms with Gasteiger partial charge < -0.3 is 5.32 Å². The second-order valence-corrected chi connectivity index (χ2v) is 7.00. The molecule has 30 heavy (non-hydrogen) atoms.